The summed E-state index contributed by atoms with van der Waals surface area (Å²) in [5, 5.41) is 19.1. The summed E-state index contributed by atoms with van der Waals surface area (Å²) in [6.45, 7) is 5.29. The van der Waals surface area contributed by atoms with Gasteiger partial charge >= 0.3 is 5.63 Å². The van der Waals surface area contributed by atoms with E-state index in [4.69, 9.17) is 9.15 Å². The molecule has 4 aromatic rings. The van der Waals surface area contributed by atoms with Gasteiger partial charge in [0.1, 0.15) is 23.6 Å². The van der Waals surface area contributed by atoms with Crippen molar-refractivity contribution in [3.8, 4) is 11.5 Å². The van der Waals surface area contributed by atoms with Gasteiger partial charge in [-0.05, 0) is 38.0 Å². The number of nitrogens with zero attached hydrogens (tertiary/aromatic N) is 4. The van der Waals surface area contributed by atoms with Gasteiger partial charge in [0.05, 0.1) is 11.9 Å². The van der Waals surface area contributed by atoms with Gasteiger partial charge in [-0.3, -0.25) is 9.48 Å². The summed E-state index contributed by atoms with van der Waals surface area (Å²) in [6, 6.07) is 9.85. The Morgan fingerprint density at radius 3 is 2.75 bits per heavy atom. The van der Waals surface area contributed by atoms with E-state index in [1.807, 2.05) is 30.7 Å². The molecule has 0 aliphatic heterocycles. The SMILES string of the molecule is CCc1c(O)c(=O)cc(C)n1CCCn1cc(COc2ccc3ccc(=O)oc3c2)nn1. The first-order chi connectivity index (χ1) is 15.4. The maximum absolute atomic E-state index is 11.8. The highest BCUT2D eigenvalue weighted by atomic mass is 16.5. The van der Waals surface area contributed by atoms with Gasteiger partial charge in [0.25, 0.3) is 0 Å². The van der Waals surface area contributed by atoms with Crippen LogP contribution in [-0.4, -0.2) is 24.7 Å². The number of hydrogen-bond donors (Lipinski definition) is 1. The molecule has 0 bridgehead atoms. The fraction of sp³-hybridized carbons (Fsp3) is 0.304. The predicted molar refractivity (Wildman–Crippen MR) is 118 cm³/mol. The standard InChI is InChI=1S/C23H24N4O5/c1-3-19-23(30)20(28)11-15(2)27(19)10-4-9-26-13-17(24-25-26)14-31-18-7-5-16-6-8-22(29)32-21(16)12-18/h5-8,11-13,30H,3-4,9-10,14H2,1-2H3. The first-order valence-electron chi connectivity index (χ1n) is 10.4. The molecule has 0 saturated carbocycles. The Morgan fingerprint density at radius 2 is 1.94 bits per heavy atom. The third-order valence-corrected chi connectivity index (χ3v) is 5.27. The smallest absolute Gasteiger partial charge is 0.336 e. The summed E-state index contributed by atoms with van der Waals surface area (Å²) < 4.78 is 14.6. The molecule has 0 radical (unpaired) electrons. The fourth-order valence-electron chi connectivity index (χ4n) is 3.68. The van der Waals surface area contributed by atoms with Crippen LogP contribution in [0.15, 0.2) is 56.6 Å². The van der Waals surface area contributed by atoms with Crippen molar-refractivity contribution in [3.63, 3.8) is 0 Å². The highest BCUT2D eigenvalue weighted by molar-refractivity contribution is 5.77. The van der Waals surface area contributed by atoms with Gasteiger partial charge < -0.3 is 18.8 Å². The Morgan fingerprint density at radius 1 is 1.12 bits per heavy atom. The molecule has 0 unspecified atom stereocenters. The zero-order valence-corrected chi connectivity index (χ0v) is 17.9. The molecule has 0 spiro atoms. The van der Waals surface area contributed by atoms with Gasteiger partial charge in [0.15, 0.2) is 5.75 Å². The Balaban J connectivity index is 1.35. The zero-order chi connectivity index (χ0) is 22.7. The Bertz CT molecular complexity index is 1370. The van der Waals surface area contributed by atoms with Crippen molar-refractivity contribution in [1.82, 2.24) is 19.6 Å². The molecule has 0 saturated heterocycles. The third-order valence-electron chi connectivity index (χ3n) is 5.27. The number of fused-ring (bicyclic) bond motifs is 1. The molecule has 0 atom stereocenters. The first-order valence-corrected chi connectivity index (χ1v) is 10.4. The van der Waals surface area contributed by atoms with Crippen LogP contribution in [-0.2, 0) is 26.1 Å². The minimum Gasteiger partial charge on any atom is -0.503 e. The molecule has 3 aromatic heterocycles. The number of benzene rings is 1. The lowest BCUT2D eigenvalue weighted by molar-refractivity contribution is 0.301. The second-order valence-corrected chi connectivity index (χ2v) is 7.52. The van der Waals surface area contributed by atoms with Gasteiger partial charge in [0, 0.05) is 42.4 Å². The molecular weight excluding hydrogens is 412 g/mol. The maximum atomic E-state index is 11.8. The highest BCUT2D eigenvalue weighted by Gasteiger charge is 2.11. The van der Waals surface area contributed by atoms with Crippen molar-refractivity contribution in [2.24, 2.45) is 0 Å². The van der Waals surface area contributed by atoms with E-state index in [0.717, 1.165) is 17.5 Å². The van der Waals surface area contributed by atoms with E-state index in [2.05, 4.69) is 10.3 Å². The van der Waals surface area contributed by atoms with Crippen molar-refractivity contribution < 1.29 is 14.3 Å². The van der Waals surface area contributed by atoms with E-state index >= 15 is 0 Å². The summed E-state index contributed by atoms with van der Waals surface area (Å²) >= 11 is 0. The monoisotopic (exact) mass is 436 g/mol. The Kier molecular flexibility index (Phi) is 6.07. The summed E-state index contributed by atoms with van der Waals surface area (Å²) in [5.41, 5.74) is 1.86. The van der Waals surface area contributed by atoms with Crippen LogP contribution >= 0.6 is 0 Å². The maximum Gasteiger partial charge on any atom is 0.336 e. The van der Waals surface area contributed by atoms with Crippen molar-refractivity contribution >= 4 is 11.0 Å². The van der Waals surface area contributed by atoms with E-state index in [-0.39, 0.29) is 17.8 Å². The number of hydrogen-bond acceptors (Lipinski definition) is 7. The Hall–Kier alpha value is -3.88. The topological polar surface area (TPSA) is 112 Å². The number of aromatic nitrogens is 4. The minimum absolute atomic E-state index is 0.175. The highest BCUT2D eigenvalue weighted by Crippen LogP contribution is 2.20. The molecular formula is C23H24N4O5. The first kappa shape index (κ1) is 21.4. The molecule has 1 aromatic carbocycles. The summed E-state index contributed by atoms with van der Waals surface area (Å²) in [7, 11) is 0. The normalized spacial score (nSPS) is 11.2. The number of aryl methyl sites for hydroxylation is 2. The lowest BCUT2D eigenvalue weighted by Gasteiger charge is -2.16. The minimum atomic E-state index is -0.406. The molecule has 9 heteroatoms. The molecule has 0 amide bonds. The van der Waals surface area contributed by atoms with Crippen LogP contribution in [0, 0.1) is 6.92 Å². The summed E-state index contributed by atoms with van der Waals surface area (Å²) in [5.74, 6) is 0.397. The fourth-order valence-corrected chi connectivity index (χ4v) is 3.68. The summed E-state index contributed by atoms with van der Waals surface area (Å²) in [4.78, 5) is 23.2. The van der Waals surface area contributed by atoms with Crippen LogP contribution in [0.1, 0.15) is 30.4 Å². The van der Waals surface area contributed by atoms with Gasteiger partial charge in [-0.1, -0.05) is 12.1 Å². The molecule has 0 aliphatic carbocycles. The van der Waals surface area contributed by atoms with Crippen LogP contribution in [0.2, 0.25) is 0 Å². The van der Waals surface area contributed by atoms with Crippen LogP contribution in [0.5, 0.6) is 11.5 Å². The van der Waals surface area contributed by atoms with E-state index in [1.165, 1.54) is 12.1 Å². The van der Waals surface area contributed by atoms with Gasteiger partial charge in [-0.15, -0.1) is 5.10 Å². The molecule has 4 rings (SSSR count). The number of aromatic hydroxyl groups is 1. The lowest BCUT2D eigenvalue weighted by Crippen LogP contribution is -2.17. The molecule has 166 valence electrons. The van der Waals surface area contributed by atoms with E-state index in [1.54, 1.807) is 22.9 Å². The third kappa shape index (κ3) is 4.56. The molecule has 0 aliphatic rings. The van der Waals surface area contributed by atoms with Crippen molar-refractivity contribution in [2.45, 2.75) is 46.4 Å². The van der Waals surface area contributed by atoms with E-state index in [9.17, 15) is 14.7 Å². The quantitative estimate of drug-likeness (QED) is 0.423. The van der Waals surface area contributed by atoms with Crippen molar-refractivity contribution in [1.29, 1.82) is 0 Å². The molecule has 1 N–H and O–H groups in total. The molecule has 32 heavy (non-hydrogen) atoms. The number of pyridine rings is 1. The molecule has 0 fully saturated rings. The predicted octanol–water partition coefficient (Wildman–Crippen LogP) is 2.79. The van der Waals surface area contributed by atoms with Crippen LogP contribution in [0.25, 0.3) is 11.0 Å². The van der Waals surface area contributed by atoms with Gasteiger partial charge in [-0.25, -0.2) is 4.79 Å². The zero-order valence-electron chi connectivity index (χ0n) is 17.9. The lowest BCUT2D eigenvalue weighted by atomic mass is 10.2. The largest absolute Gasteiger partial charge is 0.503 e. The molecule has 3 heterocycles. The second kappa shape index (κ2) is 9.09. The molecule has 9 nitrogen and oxygen atoms in total. The Labute approximate surface area is 183 Å². The van der Waals surface area contributed by atoms with E-state index < -0.39 is 5.63 Å². The number of ether oxygens (including phenoxy) is 1. The van der Waals surface area contributed by atoms with Crippen molar-refractivity contribution in [2.75, 3.05) is 0 Å². The number of rotatable bonds is 8. The van der Waals surface area contributed by atoms with Gasteiger partial charge in [-0.2, -0.15) is 0 Å². The second-order valence-electron chi connectivity index (χ2n) is 7.52. The van der Waals surface area contributed by atoms with Crippen LogP contribution in [0.4, 0.5) is 0 Å². The average Bonchev–Trinajstić information content (AvgIpc) is 3.23. The summed E-state index contributed by atoms with van der Waals surface area (Å²) in [6.07, 6.45) is 3.15. The van der Waals surface area contributed by atoms with Gasteiger partial charge in [0.2, 0.25) is 5.43 Å². The van der Waals surface area contributed by atoms with E-state index in [0.29, 0.717) is 42.2 Å². The average molecular weight is 436 g/mol. The van der Waals surface area contributed by atoms with Crippen molar-refractivity contribution in [3.05, 3.63) is 80.3 Å². The van der Waals surface area contributed by atoms with Crippen LogP contribution < -0.4 is 15.8 Å². The van der Waals surface area contributed by atoms with Crippen LogP contribution in [0.3, 0.4) is 0 Å².